The molecule has 84 valence electrons. The summed E-state index contributed by atoms with van der Waals surface area (Å²) < 4.78 is 13.2. The second-order valence-electron chi connectivity index (χ2n) is 4.35. The summed E-state index contributed by atoms with van der Waals surface area (Å²) in [6.45, 7) is 2.08. The maximum atomic E-state index is 13.2. The first kappa shape index (κ1) is 10.8. The van der Waals surface area contributed by atoms with Crippen molar-refractivity contribution in [1.29, 1.82) is 0 Å². The van der Waals surface area contributed by atoms with Crippen molar-refractivity contribution in [1.82, 2.24) is 0 Å². The van der Waals surface area contributed by atoms with Gasteiger partial charge in [0, 0.05) is 16.8 Å². The molecule has 0 aromatic heterocycles. The van der Waals surface area contributed by atoms with Gasteiger partial charge in [0.15, 0.2) is 0 Å². The summed E-state index contributed by atoms with van der Waals surface area (Å²) in [6.07, 6.45) is 1.67. The Morgan fingerprint density at radius 1 is 1.06 bits per heavy atom. The Labute approximate surface area is 102 Å². The van der Waals surface area contributed by atoms with Gasteiger partial charge >= 0.3 is 0 Å². The lowest BCUT2D eigenvalue weighted by Gasteiger charge is -2.13. The number of hydrogen-bond acceptors (Lipinski definition) is 1. The van der Waals surface area contributed by atoms with Crippen molar-refractivity contribution >= 4 is 17.8 Å². The van der Waals surface area contributed by atoms with Crippen molar-refractivity contribution < 1.29 is 4.57 Å². The quantitative estimate of drug-likeness (QED) is 0.737. The molecule has 3 rings (SSSR count). The van der Waals surface area contributed by atoms with Crippen molar-refractivity contribution in [2.75, 3.05) is 6.16 Å². The van der Waals surface area contributed by atoms with E-state index in [1.54, 1.807) is 0 Å². The summed E-state index contributed by atoms with van der Waals surface area (Å²) in [5.41, 5.74) is 2.23. The van der Waals surface area contributed by atoms with Crippen molar-refractivity contribution in [2.24, 2.45) is 0 Å². The van der Waals surface area contributed by atoms with E-state index in [2.05, 4.69) is 19.1 Å². The zero-order chi connectivity index (χ0) is 11.9. The standard InChI is InChI=1S/C15H13OP/c1-2-11-17(16)14-9-5-3-7-12(14)13-8-4-6-10-15(13)17/h3-4,7-10H,2,11H2,1H3. The fourth-order valence-corrected chi connectivity index (χ4v) is 5.69. The van der Waals surface area contributed by atoms with E-state index in [0.717, 1.165) is 34.3 Å². The van der Waals surface area contributed by atoms with Gasteiger partial charge in [0.2, 0.25) is 0 Å². The lowest BCUT2D eigenvalue weighted by atomic mass is 10.1. The summed E-state index contributed by atoms with van der Waals surface area (Å²) in [4.78, 5) is 0. The summed E-state index contributed by atoms with van der Waals surface area (Å²) in [6, 6.07) is 17.7. The molecule has 0 saturated carbocycles. The van der Waals surface area contributed by atoms with Gasteiger partial charge in [0.1, 0.15) is 7.14 Å². The van der Waals surface area contributed by atoms with Crippen LogP contribution >= 0.6 is 7.14 Å². The molecule has 1 heterocycles. The Bertz CT molecular complexity index is 566. The first-order valence-corrected chi connectivity index (χ1v) is 7.77. The van der Waals surface area contributed by atoms with Crippen LogP contribution in [0.5, 0.6) is 0 Å². The highest BCUT2D eigenvalue weighted by Crippen LogP contribution is 2.52. The van der Waals surface area contributed by atoms with Crippen molar-refractivity contribution in [3.63, 3.8) is 0 Å². The minimum Gasteiger partial charge on any atom is -0.314 e. The van der Waals surface area contributed by atoms with Crippen LogP contribution in [0.2, 0.25) is 0 Å². The van der Waals surface area contributed by atoms with Gasteiger partial charge in [-0.05, 0) is 41.8 Å². The van der Waals surface area contributed by atoms with E-state index >= 15 is 0 Å². The molecule has 1 aliphatic heterocycles. The van der Waals surface area contributed by atoms with E-state index < -0.39 is 7.14 Å². The molecule has 2 aromatic carbocycles. The Hall–Kier alpha value is -1.33. The van der Waals surface area contributed by atoms with Gasteiger partial charge in [-0.25, -0.2) is 0 Å². The number of rotatable bonds is 2. The highest BCUT2D eigenvalue weighted by atomic mass is 31.2. The molecule has 0 bridgehead atoms. The van der Waals surface area contributed by atoms with Gasteiger partial charge < -0.3 is 4.57 Å². The molecular formula is C15H13OP. The second kappa shape index (κ2) is 3.85. The average Bonchev–Trinajstić information content (AvgIpc) is 2.62. The van der Waals surface area contributed by atoms with E-state index in [4.69, 9.17) is 0 Å². The molecule has 2 radical (unpaired) electrons. The fraction of sp³-hybridized carbons (Fsp3) is 0.200. The van der Waals surface area contributed by atoms with Crippen LogP contribution in [0.1, 0.15) is 13.3 Å². The molecule has 1 aliphatic rings. The van der Waals surface area contributed by atoms with Gasteiger partial charge in [-0.15, -0.1) is 0 Å². The second-order valence-corrected chi connectivity index (χ2v) is 7.24. The summed E-state index contributed by atoms with van der Waals surface area (Å²) >= 11 is 0. The average molecular weight is 240 g/mol. The lowest BCUT2D eigenvalue weighted by Crippen LogP contribution is -2.12. The van der Waals surface area contributed by atoms with E-state index in [1.165, 1.54) is 0 Å². The van der Waals surface area contributed by atoms with Gasteiger partial charge in [0.05, 0.1) is 0 Å². The molecule has 0 saturated heterocycles. The third-order valence-corrected chi connectivity index (χ3v) is 6.67. The highest BCUT2D eigenvalue weighted by Gasteiger charge is 2.37. The zero-order valence-corrected chi connectivity index (χ0v) is 10.6. The van der Waals surface area contributed by atoms with Gasteiger partial charge in [-0.1, -0.05) is 31.2 Å². The molecule has 2 aromatic rings. The molecule has 17 heavy (non-hydrogen) atoms. The Balaban J connectivity index is 2.35. The maximum absolute atomic E-state index is 13.2. The topological polar surface area (TPSA) is 17.1 Å². The fourth-order valence-electron chi connectivity index (χ4n) is 2.58. The molecular weight excluding hydrogens is 227 g/mol. The van der Waals surface area contributed by atoms with Crippen molar-refractivity contribution in [3.05, 3.63) is 48.5 Å². The lowest BCUT2D eigenvalue weighted by molar-refractivity contribution is 0.586. The predicted molar refractivity (Wildman–Crippen MR) is 71.6 cm³/mol. The van der Waals surface area contributed by atoms with Gasteiger partial charge in [-0.3, -0.25) is 0 Å². The molecule has 0 amide bonds. The van der Waals surface area contributed by atoms with E-state index in [1.807, 2.05) is 36.4 Å². The number of hydrogen-bond donors (Lipinski definition) is 0. The predicted octanol–water partition coefficient (Wildman–Crippen LogP) is 2.99. The SMILES string of the molecule is CCCP1(=O)c2c[c]ccc2-c2cc[c]cc21. The van der Waals surface area contributed by atoms with Gasteiger partial charge in [0.25, 0.3) is 0 Å². The van der Waals surface area contributed by atoms with Crippen LogP contribution < -0.4 is 10.6 Å². The smallest absolute Gasteiger partial charge is 0.144 e. The first-order valence-electron chi connectivity index (χ1n) is 5.88. The van der Waals surface area contributed by atoms with Crippen LogP contribution in [0.25, 0.3) is 11.1 Å². The van der Waals surface area contributed by atoms with Crippen molar-refractivity contribution in [2.45, 2.75) is 13.3 Å². The Morgan fingerprint density at radius 3 is 2.06 bits per heavy atom. The summed E-state index contributed by atoms with van der Waals surface area (Å²) in [5.74, 6) is 0. The molecule has 1 nitrogen and oxygen atoms in total. The Morgan fingerprint density at radius 2 is 1.59 bits per heavy atom. The van der Waals surface area contributed by atoms with Crippen LogP contribution in [0.15, 0.2) is 36.4 Å². The van der Waals surface area contributed by atoms with E-state index in [0.29, 0.717) is 0 Å². The minimum absolute atomic E-state index is 0.739. The van der Waals surface area contributed by atoms with Crippen LogP contribution in [0.4, 0.5) is 0 Å². The van der Waals surface area contributed by atoms with Crippen molar-refractivity contribution in [3.8, 4) is 11.1 Å². The monoisotopic (exact) mass is 240 g/mol. The highest BCUT2D eigenvalue weighted by molar-refractivity contribution is 7.79. The van der Waals surface area contributed by atoms with E-state index in [-0.39, 0.29) is 0 Å². The third-order valence-electron chi connectivity index (χ3n) is 3.29. The first-order chi connectivity index (χ1) is 8.27. The number of benzene rings is 2. The summed E-state index contributed by atoms with van der Waals surface area (Å²) in [5, 5.41) is 1.97. The van der Waals surface area contributed by atoms with Crippen LogP contribution in [-0.4, -0.2) is 6.16 Å². The van der Waals surface area contributed by atoms with Crippen LogP contribution in [0.3, 0.4) is 0 Å². The molecule has 2 heteroatoms. The third kappa shape index (κ3) is 1.42. The number of fused-ring (bicyclic) bond motifs is 3. The largest absolute Gasteiger partial charge is 0.314 e. The van der Waals surface area contributed by atoms with E-state index in [9.17, 15) is 4.57 Å². The molecule has 0 atom stereocenters. The maximum Gasteiger partial charge on any atom is 0.144 e. The minimum atomic E-state index is -2.41. The molecule has 0 unspecified atom stereocenters. The van der Waals surface area contributed by atoms with Gasteiger partial charge in [-0.2, -0.15) is 0 Å². The van der Waals surface area contributed by atoms with Crippen LogP contribution in [-0.2, 0) is 4.57 Å². The molecule has 0 aliphatic carbocycles. The zero-order valence-electron chi connectivity index (χ0n) is 9.73. The normalized spacial score (nSPS) is 15.4. The molecule has 0 N–H and O–H groups in total. The van der Waals surface area contributed by atoms with Crippen LogP contribution in [0, 0.1) is 12.1 Å². The molecule has 0 fully saturated rings. The summed E-state index contributed by atoms with van der Waals surface area (Å²) in [7, 11) is -2.41. The Kier molecular flexibility index (Phi) is 2.45. The molecule has 0 spiro atoms.